The highest BCUT2D eigenvalue weighted by Crippen LogP contribution is 2.26. The minimum atomic E-state index is -0.396. The fraction of sp³-hybridized carbons (Fsp3) is 0.333. The summed E-state index contributed by atoms with van der Waals surface area (Å²) in [6, 6.07) is 5.13. The molecule has 1 aromatic rings. The lowest BCUT2D eigenvalue weighted by Gasteiger charge is -2.13. The Hall–Kier alpha value is -0.580. The number of aliphatic hydroxyl groups excluding tert-OH is 1. The SMILES string of the molecule is COc1ccc(Br)cc1C(N)CO. The molecule has 0 amide bonds. The Labute approximate surface area is 85.6 Å². The second-order valence-corrected chi connectivity index (χ2v) is 3.59. The van der Waals surface area contributed by atoms with Gasteiger partial charge in [-0.1, -0.05) is 15.9 Å². The first-order valence-electron chi connectivity index (χ1n) is 3.89. The highest BCUT2D eigenvalue weighted by Gasteiger charge is 2.10. The van der Waals surface area contributed by atoms with Crippen LogP contribution in [0.15, 0.2) is 22.7 Å². The maximum absolute atomic E-state index is 8.90. The third kappa shape index (κ3) is 2.43. The van der Waals surface area contributed by atoms with Gasteiger partial charge in [-0.2, -0.15) is 0 Å². The van der Waals surface area contributed by atoms with Crippen LogP contribution in [0.3, 0.4) is 0 Å². The van der Waals surface area contributed by atoms with Crippen LogP contribution in [0.4, 0.5) is 0 Å². The van der Waals surface area contributed by atoms with E-state index in [4.69, 9.17) is 15.6 Å². The first kappa shape index (κ1) is 10.5. The molecule has 0 aliphatic heterocycles. The lowest BCUT2D eigenvalue weighted by molar-refractivity contribution is 0.264. The largest absolute Gasteiger partial charge is 0.496 e. The molecule has 0 heterocycles. The van der Waals surface area contributed by atoms with Gasteiger partial charge in [-0.05, 0) is 18.2 Å². The zero-order valence-electron chi connectivity index (χ0n) is 7.33. The zero-order chi connectivity index (χ0) is 9.84. The Balaban J connectivity index is 3.07. The van der Waals surface area contributed by atoms with Gasteiger partial charge in [-0.15, -0.1) is 0 Å². The zero-order valence-corrected chi connectivity index (χ0v) is 8.91. The van der Waals surface area contributed by atoms with Gasteiger partial charge < -0.3 is 15.6 Å². The average Bonchev–Trinajstić information content (AvgIpc) is 2.16. The van der Waals surface area contributed by atoms with E-state index < -0.39 is 6.04 Å². The number of nitrogens with two attached hydrogens (primary N) is 1. The Bertz CT molecular complexity index is 291. The van der Waals surface area contributed by atoms with Crippen LogP contribution in [0.5, 0.6) is 5.75 Å². The Morgan fingerprint density at radius 2 is 2.31 bits per heavy atom. The van der Waals surface area contributed by atoms with Gasteiger partial charge in [-0.3, -0.25) is 0 Å². The molecule has 0 spiro atoms. The monoisotopic (exact) mass is 245 g/mol. The maximum Gasteiger partial charge on any atom is 0.123 e. The summed E-state index contributed by atoms with van der Waals surface area (Å²) in [5.41, 5.74) is 6.49. The van der Waals surface area contributed by atoms with E-state index in [-0.39, 0.29) is 6.61 Å². The highest BCUT2D eigenvalue weighted by molar-refractivity contribution is 9.10. The van der Waals surface area contributed by atoms with Crippen LogP contribution in [0, 0.1) is 0 Å². The van der Waals surface area contributed by atoms with Crippen LogP contribution >= 0.6 is 15.9 Å². The summed E-state index contributed by atoms with van der Waals surface area (Å²) in [5.74, 6) is 0.699. The molecule has 1 rings (SSSR count). The van der Waals surface area contributed by atoms with Crippen LogP contribution < -0.4 is 10.5 Å². The summed E-state index contributed by atoms with van der Waals surface area (Å²) in [4.78, 5) is 0. The molecular weight excluding hydrogens is 234 g/mol. The molecule has 0 aromatic heterocycles. The van der Waals surface area contributed by atoms with Crippen molar-refractivity contribution < 1.29 is 9.84 Å². The van der Waals surface area contributed by atoms with Crippen LogP contribution in [0.1, 0.15) is 11.6 Å². The average molecular weight is 246 g/mol. The molecule has 1 aromatic carbocycles. The molecule has 13 heavy (non-hydrogen) atoms. The predicted octanol–water partition coefficient (Wildman–Crippen LogP) is 1.45. The quantitative estimate of drug-likeness (QED) is 0.848. The number of hydrogen-bond acceptors (Lipinski definition) is 3. The third-order valence-corrected chi connectivity index (χ3v) is 2.28. The summed E-state index contributed by atoms with van der Waals surface area (Å²) >= 11 is 3.33. The number of benzene rings is 1. The second kappa shape index (κ2) is 4.60. The highest BCUT2D eigenvalue weighted by atomic mass is 79.9. The molecule has 0 aliphatic carbocycles. The fourth-order valence-electron chi connectivity index (χ4n) is 1.09. The number of methoxy groups -OCH3 is 1. The molecule has 4 heteroatoms. The molecule has 0 saturated heterocycles. The van der Waals surface area contributed by atoms with Crippen molar-refractivity contribution in [3.05, 3.63) is 28.2 Å². The molecule has 0 saturated carbocycles. The van der Waals surface area contributed by atoms with Crippen molar-refractivity contribution in [1.82, 2.24) is 0 Å². The van der Waals surface area contributed by atoms with Gasteiger partial charge in [0.05, 0.1) is 19.8 Å². The Morgan fingerprint density at radius 3 is 2.85 bits per heavy atom. The van der Waals surface area contributed by atoms with E-state index in [1.807, 2.05) is 18.2 Å². The molecule has 0 fully saturated rings. The van der Waals surface area contributed by atoms with Gasteiger partial charge in [-0.25, -0.2) is 0 Å². The van der Waals surface area contributed by atoms with E-state index in [1.54, 1.807) is 7.11 Å². The smallest absolute Gasteiger partial charge is 0.123 e. The summed E-state index contributed by atoms with van der Waals surface area (Å²) in [7, 11) is 1.58. The summed E-state index contributed by atoms with van der Waals surface area (Å²) in [6.45, 7) is -0.0905. The van der Waals surface area contributed by atoms with Crippen molar-refractivity contribution in [2.24, 2.45) is 5.73 Å². The number of halogens is 1. The Kier molecular flexibility index (Phi) is 3.71. The number of ether oxygens (including phenoxy) is 1. The lowest BCUT2D eigenvalue weighted by atomic mass is 10.1. The summed E-state index contributed by atoms with van der Waals surface area (Å²) in [6.07, 6.45) is 0. The van der Waals surface area contributed by atoms with Crippen molar-refractivity contribution >= 4 is 15.9 Å². The van der Waals surface area contributed by atoms with E-state index >= 15 is 0 Å². The van der Waals surface area contributed by atoms with E-state index in [9.17, 15) is 0 Å². The summed E-state index contributed by atoms with van der Waals surface area (Å²) in [5, 5.41) is 8.90. The first-order chi connectivity index (χ1) is 6.19. The molecule has 1 unspecified atom stereocenters. The molecule has 0 bridgehead atoms. The minimum Gasteiger partial charge on any atom is -0.496 e. The topological polar surface area (TPSA) is 55.5 Å². The van der Waals surface area contributed by atoms with Crippen molar-refractivity contribution in [2.75, 3.05) is 13.7 Å². The standard InChI is InChI=1S/C9H12BrNO2/c1-13-9-3-2-6(10)4-7(9)8(11)5-12/h2-4,8,12H,5,11H2,1H3. The van der Waals surface area contributed by atoms with Crippen molar-refractivity contribution in [1.29, 1.82) is 0 Å². The van der Waals surface area contributed by atoms with Crippen LogP contribution in [0.2, 0.25) is 0 Å². The molecule has 1 atom stereocenters. The molecule has 72 valence electrons. The van der Waals surface area contributed by atoms with Gasteiger partial charge in [0.15, 0.2) is 0 Å². The van der Waals surface area contributed by atoms with E-state index in [0.29, 0.717) is 5.75 Å². The van der Waals surface area contributed by atoms with Gasteiger partial charge in [0.1, 0.15) is 5.75 Å². The molecule has 0 aliphatic rings. The van der Waals surface area contributed by atoms with Gasteiger partial charge in [0, 0.05) is 10.0 Å². The normalized spacial score (nSPS) is 12.6. The molecule has 3 N–H and O–H groups in total. The van der Waals surface area contributed by atoms with Crippen molar-refractivity contribution in [3.63, 3.8) is 0 Å². The molecule has 0 radical (unpaired) electrons. The third-order valence-electron chi connectivity index (χ3n) is 1.79. The Morgan fingerprint density at radius 1 is 1.62 bits per heavy atom. The lowest BCUT2D eigenvalue weighted by Crippen LogP contribution is -2.15. The summed E-state index contributed by atoms with van der Waals surface area (Å²) < 4.78 is 6.03. The molecular formula is C9H12BrNO2. The van der Waals surface area contributed by atoms with E-state index in [0.717, 1.165) is 10.0 Å². The maximum atomic E-state index is 8.90. The van der Waals surface area contributed by atoms with Gasteiger partial charge in [0.25, 0.3) is 0 Å². The second-order valence-electron chi connectivity index (χ2n) is 2.68. The van der Waals surface area contributed by atoms with Crippen LogP contribution in [-0.2, 0) is 0 Å². The van der Waals surface area contributed by atoms with Crippen molar-refractivity contribution in [2.45, 2.75) is 6.04 Å². The number of hydrogen-bond donors (Lipinski definition) is 2. The van der Waals surface area contributed by atoms with Gasteiger partial charge in [0.2, 0.25) is 0 Å². The van der Waals surface area contributed by atoms with Crippen LogP contribution in [0.25, 0.3) is 0 Å². The van der Waals surface area contributed by atoms with Crippen LogP contribution in [-0.4, -0.2) is 18.8 Å². The van der Waals surface area contributed by atoms with Gasteiger partial charge >= 0.3 is 0 Å². The number of rotatable bonds is 3. The predicted molar refractivity (Wildman–Crippen MR) is 54.7 cm³/mol. The first-order valence-corrected chi connectivity index (χ1v) is 4.68. The fourth-order valence-corrected chi connectivity index (χ4v) is 1.47. The van der Waals surface area contributed by atoms with Crippen molar-refractivity contribution in [3.8, 4) is 5.75 Å². The van der Waals surface area contributed by atoms with E-state index in [2.05, 4.69) is 15.9 Å². The van der Waals surface area contributed by atoms with E-state index in [1.165, 1.54) is 0 Å². The number of aliphatic hydroxyl groups is 1. The minimum absolute atomic E-state index is 0.0905. The molecule has 3 nitrogen and oxygen atoms in total.